The number of amides is 1. The van der Waals surface area contributed by atoms with E-state index in [0.717, 1.165) is 16.7 Å². The van der Waals surface area contributed by atoms with Crippen LogP contribution in [0.25, 0.3) is 22.2 Å². The largest absolute Gasteiger partial charge is 0.491 e. The van der Waals surface area contributed by atoms with E-state index in [-0.39, 0.29) is 5.91 Å². The summed E-state index contributed by atoms with van der Waals surface area (Å²) in [5, 5.41) is 12.3. The topological polar surface area (TPSA) is 121 Å². The highest BCUT2D eigenvalue weighted by molar-refractivity contribution is 5.98. The van der Waals surface area contributed by atoms with Crippen LogP contribution in [0.5, 0.6) is 5.75 Å². The highest BCUT2D eigenvalue weighted by atomic mass is 16.5. The number of rotatable bonds is 4. The first-order valence-electron chi connectivity index (χ1n) is 11.7. The average Bonchev–Trinajstić information content (AvgIpc) is 3.32. The molecule has 0 bridgehead atoms. The molecule has 6 rings (SSSR count). The van der Waals surface area contributed by atoms with E-state index in [4.69, 9.17) is 14.4 Å². The molecule has 8 heteroatoms. The normalized spacial score (nSPS) is 16.4. The van der Waals surface area contributed by atoms with Crippen LogP contribution < -0.4 is 15.8 Å². The van der Waals surface area contributed by atoms with Gasteiger partial charge in [-0.1, -0.05) is 36.4 Å². The minimum atomic E-state index is -0.937. The molecule has 2 aromatic heterocycles. The third kappa shape index (κ3) is 3.93. The smallest absolute Gasteiger partial charge is 0.417 e. The van der Waals surface area contributed by atoms with E-state index in [1.165, 1.54) is 0 Å². The maximum Gasteiger partial charge on any atom is 0.417 e. The molecular weight excluding hydrogens is 468 g/mol. The molecule has 0 saturated heterocycles. The van der Waals surface area contributed by atoms with Crippen LogP contribution in [0.15, 0.2) is 94.3 Å². The Hall–Kier alpha value is -5.16. The van der Waals surface area contributed by atoms with Crippen LogP contribution >= 0.6 is 0 Å². The fourth-order valence-electron chi connectivity index (χ4n) is 4.78. The van der Waals surface area contributed by atoms with Crippen LogP contribution in [0.3, 0.4) is 0 Å². The highest BCUT2D eigenvalue weighted by Crippen LogP contribution is 2.41. The Bertz CT molecular complexity index is 1730. The SMILES string of the molecule is N#Cc1ccc(-c2ccc([C@@]3(NC(=O)c4ccc5oc(=O)[nH]c5c4)CCOc4cccnc43)cc2)cc1. The summed E-state index contributed by atoms with van der Waals surface area (Å²) >= 11 is 0. The maximum absolute atomic E-state index is 13.6. The van der Waals surface area contributed by atoms with Crippen LogP contribution in [-0.4, -0.2) is 22.5 Å². The van der Waals surface area contributed by atoms with Crippen molar-refractivity contribution >= 4 is 17.0 Å². The Morgan fingerprint density at radius 1 is 1.03 bits per heavy atom. The van der Waals surface area contributed by atoms with E-state index in [0.29, 0.717) is 46.7 Å². The van der Waals surface area contributed by atoms with Gasteiger partial charge in [0.2, 0.25) is 0 Å². The molecule has 0 aliphatic carbocycles. The predicted molar refractivity (Wildman–Crippen MR) is 136 cm³/mol. The first-order chi connectivity index (χ1) is 18.1. The minimum Gasteiger partial charge on any atom is -0.491 e. The predicted octanol–water partition coefficient (Wildman–Crippen LogP) is 4.51. The van der Waals surface area contributed by atoms with Gasteiger partial charge in [0.1, 0.15) is 17.0 Å². The number of nitrogens with one attached hydrogen (secondary N) is 2. The lowest BCUT2D eigenvalue weighted by Crippen LogP contribution is -2.50. The number of oxazole rings is 1. The zero-order chi connectivity index (χ0) is 25.4. The molecule has 37 heavy (non-hydrogen) atoms. The molecule has 0 radical (unpaired) electrons. The number of nitriles is 1. The molecule has 0 unspecified atom stereocenters. The summed E-state index contributed by atoms with van der Waals surface area (Å²) < 4.78 is 10.9. The minimum absolute atomic E-state index is 0.321. The molecule has 0 spiro atoms. The van der Waals surface area contributed by atoms with Gasteiger partial charge in [-0.25, -0.2) is 4.79 Å². The van der Waals surface area contributed by atoms with E-state index < -0.39 is 11.3 Å². The Balaban J connectivity index is 1.41. The summed E-state index contributed by atoms with van der Waals surface area (Å²) in [6.45, 7) is 0.393. The highest BCUT2D eigenvalue weighted by Gasteiger charge is 2.42. The molecule has 0 fully saturated rings. The summed E-state index contributed by atoms with van der Waals surface area (Å²) in [6.07, 6.45) is 2.16. The van der Waals surface area contributed by atoms with Crippen molar-refractivity contribution in [3.63, 3.8) is 0 Å². The fourth-order valence-corrected chi connectivity index (χ4v) is 4.78. The number of nitrogens with zero attached hydrogens (tertiary/aromatic N) is 2. The van der Waals surface area contributed by atoms with E-state index in [2.05, 4.69) is 21.4 Å². The van der Waals surface area contributed by atoms with Crippen molar-refractivity contribution in [2.75, 3.05) is 6.61 Å². The molecule has 2 N–H and O–H groups in total. The number of carbonyl (C=O) groups is 1. The summed E-state index contributed by atoms with van der Waals surface area (Å²) in [5.74, 6) is -0.285. The van der Waals surface area contributed by atoms with Crippen molar-refractivity contribution in [1.82, 2.24) is 15.3 Å². The molecule has 1 atom stereocenters. The van der Waals surface area contributed by atoms with E-state index in [1.807, 2.05) is 42.5 Å². The van der Waals surface area contributed by atoms with Gasteiger partial charge in [0.25, 0.3) is 5.91 Å². The number of benzene rings is 3. The average molecular weight is 489 g/mol. The van der Waals surface area contributed by atoms with Crippen LogP contribution in [-0.2, 0) is 5.54 Å². The van der Waals surface area contributed by atoms with Gasteiger partial charge in [-0.15, -0.1) is 0 Å². The van der Waals surface area contributed by atoms with E-state index >= 15 is 0 Å². The molecule has 1 aliphatic rings. The number of fused-ring (bicyclic) bond motifs is 2. The molecular formula is C29H20N4O4. The molecule has 3 heterocycles. The second kappa shape index (κ2) is 8.81. The standard InChI is InChI=1S/C29H20N4O4/c30-17-18-3-5-19(6-4-18)20-7-10-22(11-8-20)29(13-15-36-25-2-1-14-31-26(25)29)33-27(34)21-9-12-24-23(16-21)32-28(35)37-24/h1-12,14,16H,13,15H2,(H,32,35)(H,33,34)/t29-/m0/s1. The van der Waals surface area contributed by atoms with Gasteiger partial charge in [-0.2, -0.15) is 5.26 Å². The lowest BCUT2D eigenvalue weighted by atomic mass is 9.80. The lowest BCUT2D eigenvalue weighted by Gasteiger charge is -2.39. The van der Waals surface area contributed by atoms with Crippen molar-refractivity contribution in [1.29, 1.82) is 5.26 Å². The van der Waals surface area contributed by atoms with Crippen molar-refractivity contribution in [3.05, 3.63) is 118 Å². The third-order valence-electron chi connectivity index (χ3n) is 6.64. The van der Waals surface area contributed by atoms with E-state index in [1.54, 1.807) is 42.6 Å². The van der Waals surface area contributed by atoms with Gasteiger partial charge < -0.3 is 14.5 Å². The first kappa shape index (κ1) is 22.3. The van der Waals surface area contributed by atoms with E-state index in [9.17, 15) is 9.59 Å². The van der Waals surface area contributed by atoms with Crippen molar-refractivity contribution in [2.24, 2.45) is 0 Å². The number of pyridine rings is 1. The van der Waals surface area contributed by atoms with Gasteiger partial charge >= 0.3 is 5.76 Å². The molecule has 0 saturated carbocycles. The van der Waals surface area contributed by atoms with Gasteiger partial charge in [-0.3, -0.25) is 14.8 Å². The number of hydrogen-bond donors (Lipinski definition) is 2. The van der Waals surface area contributed by atoms with Crippen LogP contribution in [0.4, 0.5) is 0 Å². The number of ether oxygens (including phenoxy) is 1. The Morgan fingerprint density at radius 3 is 2.54 bits per heavy atom. The second-order valence-corrected chi connectivity index (χ2v) is 8.80. The Morgan fingerprint density at radius 2 is 1.78 bits per heavy atom. The van der Waals surface area contributed by atoms with Gasteiger partial charge in [0.05, 0.1) is 23.8 Å². The number of aromatic nitrogens is 2. The van der Waals surface area contributed by atoms with Crippen molar-refractivity contribution < 1.29 is 13.9 Å². The fraction of sp³-hybridized carbons (Fsp3) is 0.103. The van der Waals surface area contributed by atoms with Crippen LogP contribution in [0.2, 0.25) is 0 Å². The number of aromatic amines is 1. The first-order valence-corrected chi connectivity index (χ1v) is 11.7. The molecule has 5 aromatic rings. The molecule has 1 aliphatic heterocycles. The molecule has 1 amide bonds. The van der Waals surface area contributed by atoms with Gasteiger partial charge in [0.15, 0.2) is 5.58 Å². The summed E-state index contributed by atoms with van der Waals surface area (Å²) in [4.78, 5) is 32.3. The third-order valence-corrected chi connectivity index (χ3v) is 6.64. The Labute approximate surface area is 211 Å². The molecule has 3 aromatic carbocycles. The zero-order valence-corrected chi connectivity index (χ0v) is 19.5. The monoisotopic (exact) mass is 488 g/mol. The summed E-state index contributed by atoms with van der Waals surface area (Å²) in [5.41, 5.74) is 4.32. The zero-order valence-electron chi connectivity index (χ0n) is 19.5. The maximum atomic E-state index is 13.6. The lowest BCUT2D eigenvalue weighted by molar-refractivity contribution is 0.0884. The van der Waals surface area contributed by atoms with Crippen LogP contribution in [0.1, 0.15) is 33.6 Å². The Kier molecular flexibility index (Phi) is 5.31. The number of carbonyl (C=O) groups excluding carboxylic acids is 1. The number of hydrogen-bond acceptors (Lipinski definition) is 6. The number of H-pyrrole nitrogens is 1. The van der Waals surface area contributed by atoms with Gasteiger partial charge in [0, 0.05) is 18.2 Å². The molecule has 180 valence electrons. The quantitative estimate of drug-likeness (QED) is 0.384. The van der Waals surface area contributed by atoms with Crippen molar-refractivity contribution in [2.45, 2.75) is 12.0 Å². The summed E-state index contributed by atoms with van der Waals surface area (Å²) in [6, 6.07) is 25.9. The van der Waals surface area contributed by atoms with Crippen LogP contribution in [0, 0.1) is 11.3 Å². The summed E-state index contributed by atoms with van der Waals surface area (Å²) in [7, 11) is 0. The van der Waals surface area contributed by atoms with Crippen molar-refractivity contribution in [3.8, 4) is 22.9 Å². The molecule has 8 nitrogen and oxygen atoms in total. The van der Waals surface area contributed by atoms with Gasteiger partial charge in [-0.05, 0) is 59.2 Å². The second-order valence-electron chi connectivity index (χ2n) is 8.80.